The van der Waals surface area contributed by atoms with Crippen molar-refractivity contribution in [2.24, 2.45) is 0 Å². The van der Waals surface area contributed by atoms with Crippen molar-refractivity contribution in [1.82, 2.24) is 10.3 Å². The average Bonchev–Trinajstić information content (AvgIpc) is 2.72. The first kappa shape index (κ1) is 9.48. The second kappa shape index (κ2) is 4.43. The molecule has 1 atom stereocenters. The quantitative estimate of drug-likeness (QED) is 0.726. The number of thioether (sulfide) groups is 1. The fraction of sp³-hybridized carbons (Fsp3) is 0.333. The van der Waals surface area contributed by atoms with Crippen LogP contribution in [0.3, 0.4) is 0 Å². The van der Waals surface area contributed by atoms with Crippen LogP contribution in [0.25, 0.3) is 0 Å². The molecule has 0 saturated carbocycles. The Bertz CT molecular complexity index is 312. The summed E-state index contributed by atoms with van der Waals surface area (Å²) in [5, 5.41) is 2.83. The first-order chi connectivity index (χ1) is 6.86. The summed E-state index contributed by atoms with van der Waals surface area (Å²) in [7, 11) is 0. The topological polar surface area (TPSA) is 51.2 Å². The maximum absolute atomic E-state index is 11.5. The highest BCUT2D eigenvalue weighted by atomic mass is 32.2. The summed E-state index contributed by atoms with van der Waals surface area (Å²) in [5.41, 5.74) is 0. The number of nitrogens with zero attached hydrogens (tertiary/aromatic N) is 1. The third-order valence-corrected chi connectivity index (χ3v) is 2.93. The molecule has 0 spiro atoms. The number of esters is 1. The lowest BCUT2D eigenvalue weighted by molar-refractivity contribution is -0.134. The lowest BCUT2D eigenvalue weighted by atomic mass is 10.4. The predicted octanol–water partition coefficient (Wildman–Crippen LogP) is 0.649. The van der Waals surface area contributed by atoms with Crippen LogP contribution in [0.2, 0.25) is 0 Å². The third kappa shape index (κ3) is 2.24. The average molecular weight is 210 g/mol. The highest BCUT2D eigenvalue weighted by Crippen LogP contribution is 2.16. The number of pyridine rings is 1. The van der Waals surface area contributed by atoms with Crippen molar-refractivity contribution in [2.45, 2.75) is 5.37 Å². The van der Waals surface area contributed by atoms with Gasteiger partial charge in [-0.25, -0.2) is 4.79 Å². The number of hydrogen-bond acceptors (Lipinski definition) is 5. The molecule has 0 unspecified atom stereocenters. The summed E-state index contributed by atoms with van der Waals surface area (Å²) in [6, 6.07) is 3.33. The molecule has 1 fully saturated rings. The van der Waals surface area contributed by atoms with Gasteiger partial charge in [0.15, 0.2) is 5.37 Å². The third-order valence-electron chi connectivity index (χ3n) is 1.80. The SMILES string of the molecule is O=C(Oc1ccncc1)[C@@H]1NCCS1. The van der Waals surface area contributed by atoms with Crippen molar-refractivity contribution >= 4 is 17.7 Å². The van der Waals surface area contributed by atoms with Gasteiger partial charge in [-0.1, -0.05) is 0 Å². The standard InChI is InChI=1S/C9H10N2O2S/c12-9(8-11-5-6-14-8)13-7-1-3-10-4-2-7/h1-4,8,11H,5-6H2/t8-/m1/s1. The minimum Gasteiger partial charge on any atom is -0.425 e. The van der Waals surface area contributed by atoms with E-state index in [1.54, 1.807) is 36.3 Å². The summed E-state index contributed by atoms with van der Waals surface area (Å²) in [4.78, 5) is 15.3. The number of hydrogen-bond donors (Lipinski definition) is 1. The molecule has 74 valence electrons. The molecule has 2 rings (SSSR count). The van der Waals surface area contributed by atoms with Gasteiger partial charge < -0.3 is 4.74 Å². The zero-order valence-corrected chi connectivity index (χ0v) is 8.29. The van der Waals surface area contributed by atoms with Gasteiger partial charge in [0, 0.05) is 24.7 Å². The molecule has 1 aromatic rings. The monoisotopic (exact) mass is 210 g/mol. The van der Waals surface area contributed by atoms with Gasteiger partial charge >= 0.3 is 5.97 Å². The summed E-state index contributed by atoms with van der Waals surface area (Å²) in [6.45, 7) is 0.862. The lowest BCUT2D eigenvalue weighted by Crippen LogP contribution is -2.32. The van der Waals surface area contributed by atoms with Crippen molar-refractivity contribution in [3.05, 3.63) is 24.5 Å². The number of carbonyl (C=O) groups excluding carboxylic acids is 1. The van der Waals surface area contributed by atoms with E-state index < -0.39 is 0 Å². The van der Waals surface area contributed by atoms with E-state index in [1.807, 2.05) is 0 Å². The summed E-state index contributed by atoms with van der Waals surface area (Å²) < 4.78 is 5.14. The Morgan fingerprint density at radius 2 is 2.36 bits per heavy atom. The van der Waals surface area contributed by atoms with Crippen molar-refractivity contribution in [3.63, 3.8) is 0 Å². The van der Waals surface area contributed by atoms with Crippen molar-refractivity contribution in [3.8, 4) is 5.75 Å². The molecule has 0 bridgehead atoms. The van der Waals surface area contributed by atoms with Crippen molar-refractivity contribution in [2.75, 3.05) is 12.3 Å². The van der Waals surface area contributed by atoms with Gasteiger partial charge in [0.2, 0.25) is 0 Å². The van der Waals surface area contributed by atoms with Crippen molar-refractivity contribution < 1.29 is 9.53 Å². The van der Waals surface area contributed by atoms with Crippen LogP contribution in [0, 0.1) is 0 Å². The summed E-state index contributed by atoms with van der Waals surface area (Å²) in [6.07, 6.45) is 3.19. The Morgan fingerprint density at radius 3 is 3.00 bits per heavy atom. The molecular formula is C9H10N2O2S. The minimum atomic E-state index is -0.237. The van der Waals surface area contributed by atoms with Crippen LogP contribution in [-0.2, 0) is 4.79 Å². The van der Waals surface area contributed by atoms with Gasteiger partial charge in [-0.3, -0.25) is 10.3 Å². The van der Waals surface area contributed by atoms with Crippen LogP contribution in [0.5, 0.6) is 5.75 Å². The van der Waals surface area contributed by atoms with Gasteiger partial charge in [-0.2, -0.15) is 0 Å². The van der Waals surface area contributed by atoms with E-state index >= 15 is 0 Å². The van der Waals surface area contributed by atoms with Crippen molar-refractivity contribution in [1.29, 1.82) is 0 Å². The molecule has 0 aromatic carbocycles. The van der Waals surface area contributed by atoms with Crippen LogP contribution < -0.4 is 10.1 Å². The fourth-order valence-electron chi connectivity index (χ4n) is 1.15. The van der Waals surface area contributed by atoms with E-state index in [-0.39, 0.29) is 11.3 Å². The number of ether oxygens (including phenoxy) is 1. The van der Waals surface area contributed by atoms with Gasteiger partial charge in [-0.05, 0) is 12.1 Å². The smallest absolute Gasteiger partial charge is 0.339 e. The van der Waals surface area contributed by atoms with Crippen LogP contribution in [0.4, 0.5) is 0 Å². The van der Waals surface area contributed by atoms with E-state index in [9.17, 15) is 4.79 Å². The van der Waals surface area contributed by atoms with Crippen LogP contribution in [-0.4, -0.2) is 28.6 Å². The van der Waals surface area contributed by atoms with E-state index in [4.69, 9.17) is 4.74 Å². The van der Waals surface area contributed by atoms with Gasteiger partial charge in [0.05, 0.1) is 0 Å². The predicted molar refractivity (Wildman–Crippen MR) is 54.1 cm³/mol. The number of aromatic nitrogens is 1. The Morgan fingerprint density at radius 1 is 1.57 bits per heavy atom. The van der Waals surface area contributed by atoms with Gasteiger partial charge in [-0.15, -0.1) is 11.8 Å². The molecule has 0 aliphatic carbocycles. The normalized spacial score (nSPS) is 20.7. The molecule has 14 heavy (non-hydrogen) atoms. The Balaban J connectivity index is 1.94. The summed E-state index contributed by atoms with van der Waals surface area (Å²) in [5.74, 6) is 1.26. The molecule has 0 radical (unpaired) electrons. The molecule has 1 aliphatic rings. The van der Waals surface area contributed by atoms with Gasteiger partial charge in [0.1, 0.15) is 5.75 Å². The zero-order chi connectivity index (χ0) is 9.80. The van der Waals surface area contributed by atoms with E-state index in [0.717, 1.165) is 12.3 Å². The molecule has 2 heterocycles. The second-order valence-corrected chi connectivity index (χ2v) is 4.02. The number of carbonyl (C=O) groups is 1. The van der Waals surface area contributed by atoms with E-state index in [2.05, 4.69) is 10.3 Å². The highest BCUT2D eigenvalue weighted by Gasteiger charge is 2.24. The zero-order valence-electron chi connectivity index (χ0n) is 7.47. The van der Waals surface area contributed by atoms with E-state index in [0.29, 0.717) is 5.75 Å². The first-order valence-corrected chi connectivity index (χ1v) is 5.38. The molecule has 5 heteroatoms. The lowest BCUT2D eigenvalue weighted by Gasteiger charge is -2.08. The maximum Gasteiger partial charge on any atom is 0.339 e. The molecule has 1 aromatic heterocycles. The fourth-order valence-corrected chi connectivity index (χ4v) is 2.04. The largest absolute Gasteiger partial charge is 0.425 e. The summed E-state index contributed by atoms with van der Waals surface area (Å²) >= 11 is 1.57. The second-order valence-electron chi connectivity index (χ2n) is 2.81. The van der Waals surface area contributed by atoms with E-state index in [1.165, 1.54) is 0 Å². The highest BCUT2D eigenvalue weighted by molar-refractivity contribution is 8.00. The molecule has 1 N–H and O–H groups in total. The molecule has 1 aliphatic heterocycles. The Labute approximate surface area is 86.1 Å². The molecule has 0 amide bonds. The molecule has 1 saturated heterocycles. The van der Waals surface area contributed by atoms with Crippen LogP contribution in [0.1, 0.15) is 0 Å². The molecular weight excluding hydrogens is 200 g/mol. The number of nitrogens with one attached hydrogen (secondary N) is 1. The first-order valence-electron chi connectivity index (χ1n) is 4.33. The number of rotatable bonds is 2. The minimum absolute atomic E-state index is 0.219. The molecule has 4 nitrogen and oxygen atoms in total. The maximum atomic E-state index is 11.5. The van der Waals surface area contributed by atoms with Gasteiger partial charge in [0.25, 0.3) is 0 Å². The van der Waals surface area contributed by atoms with Crippen LogP contribution >= 0.6 is 11.8 Å². The Hall–Kier alpha value is -1.07. The van der Waals surface area contributed by atoms with Crippen LogP contribution in [0.15, 0.2) is 24.5 Å². The Kier molecular flexibility index (Phi) is 3.00.